The average Bonchev–Trinajstić information content (AvgIpc) is 2.63. The lowest BCUT2D eigenvalue weighted by atomic mass is 9.96. The Labute approximate surface area is 148 Å². The smallest absolute Gasteiger partial charge is 0.260 e. The predicted molar refractivity (Wildman–Crippen MR) is 97.5 cm³/mol. The van der Waals surface area contributed by atoms with Crippen molar-refractivity contribution in [1.82, 2.24) is 5.32 Å². The highest BCUT2D eigenvalue weighted by atomic mass is 16.5. The Kier molecular flexibility index (Phi) is 6.57. The van der Waals surface area contributed by atoms with E-state index in [4.69, 9.17) is 10.5 Å². The molecule has 0 saturated heterocycles. The van der Waals surface area contributed by atoms with Gasteiger partial charge in [0.25, 0.3) is 5.91 Å². The summed E-state index contributed by atoms with van der Waals surface area (Å²) < 4.78 is 5.62. The predicted octanol–water partition coefficient (Wildman–Crippen LogP) is 2.86. The van der Waals surface area contributed by atoms with Gasteiger partial charge in [-0.2, -0.15) is 0 Å². The van der Waals surface area contributed by atoms with E-state index in [0.29, 0.717) is 17.9 Å². The summed E-state index contributed by atoms with van der Waals surface area (Å²) in [5.74, 6) is 0.118. The number of nitrogens with one attached hydrogen (secondary N) is 1. The zero-order chi connectivity index (χ0) is 18.2. The number of carbonyl (C=O) groups is 2. The van der Waals surface area contributed by atoms with Gasteiger partial charge in [0.2, 0.25) is 5.91 Å². The van der Waals surface area contributed by atoms with Crippen LogP contribution in [0.15, 0.2) is 54.6 Å². The lowest BCUT2D eigenvalue weighted by Gasteiger charge is -2.19. The summed E-state index contributed by atoms with van der Waals surface area (Å²) in [6, 6.07) is 16.5. The first-order valence-corrected chi connectivity index (χ1v) is 8.40. The van der Waals surface area contributed by atoms with E-state index in [9.17, 15) is 9.59 Å². The van der Waals surface area contributed by atoms with Gasteiger partial charge in [0.1, 0.15) is 5.75 Å². The number of carbonyl (C=O) groups excluding carboxylic acids is 2. The lowest BCUT2D eigenvalue weighted by molar-refractivity contribution is -0.127. The Morgan fingerprint density at radius 2 is 1.72 bits per heavy atom. The highest BCUT2D eigenvalue weighted by Gasteiger charge is 2.17. The van der Waals surface area contributed by atoms with Crippen molar-refractivity contribution >= 4 is 11.8 Å². The Balaban J connectivity index is 1.88. The van der Waals surface area contributed by atoms with Crippen LogP contribution in [0.1, 0.15) is 42.1 Å². The Morgan fingerprint density at radius 1 is 1.08 bits per heavy atom. The molecule has 3 N–H and O–H groups in total. The number of rotatable bonds is 8. The van der Waals surface area contributed by atoms with Crippen molar-refractivity contribution in [3.05, 3.63) is 65.7 Å². The van der Waals surface area contributed by atoms with Crippen molar-refractivity contribution in [2.24, 2.45) is 5.73 Å². The van der Waals surface area contributed by atoms with Crippen LogP contribution in [0, 0.1) is 0 Å². The summed E-state index contributed by atoms with van der Waals surface area (Å²) >= 11 is 0. The molecule has 0 saturated carbocycles. The topological polar surface area (TPSA) is 81.4 Å². The number of primary amides is 1. The van der Waals surface area contributed by atoms with Gasteiger partial charge < -0.3 is 15.8 Å². The molecule has 0 aliphatic heterocycles. The highest BCUT2D eigenvalue weighted by Crippen LogP contribution is 2.18. The molecular formula is C20H24N2O3. The minimum Gasteiger partial charge on any atom is -0.481 e. The largest absolute Gasteiger partial charge is 0.481 e. The minimum absolute atomic E-state index is 0.173. The van der Waals surface area contributed by atoms with Gasteiger partial charge >= 0.3 is 0 Å². The molecule has 2 amide bonds. The second kappa shape index (κ2) is 8.87. The molecule has 0 bridgehead atoms. The van der Waals surface area contributed by atoms with Gasteiger partial charge in [-0.25, -0.2) is 0 Å². The molecule has 2 aromatic rings. The fourth-order valence-electron chi connectivity index (χ4n) is 2.55. The molecule has 0 radical (unpaired) electrons. The lowest BCUT2D eigenvalue weighted by Crippen LogP contribution is -2.38. The first-order valence-electron chi connectivity index (χ1n) is 8.40. The van der Waals surface area contributed by atoms with Gasteiger partial charge in [-0.15, -0.1) is 0 Å². The van der Waals surface area contributed by atoms with E-state index in [0.717, 1.165) is 6.42 Å². The van der Waals surface area contributed by atoms with E-state index in [1.54, 1.807) is 31.2 Å². The zero-order valence-electron chi connectivity index (χ0n) is 14.6. The second-order valence-corrected chi connectivity index (χ2v) is 5.91. The molecular weight excluding hydrogens is 316 g/mol. The van der Waals surface area contributed by atoms with Gasteiger partial charge in [0, 0.05) is 18.0 Å². The van der Waals surface area contributed by atoms with Crippen molar-refractivity contribution in [2.75, 3.05) is 6.54 Å². The van der Waals surface area contributed by atoms with E-state index in [1.165, 1.54) is 5.56 Å². The number of nitrogens with two attached hydrogens (primary N) is 1. The molecule has 0 heterocycles. The zero-order valence-corrected chi connectivity index (χ0v) is 14.6. The molecule has 2 aromatic carbocycles. The molecule has 5 heteroatoms. The Hall–Kier alpha value is -2.82. The maximum atomic E-state index is 12.3. The highest BCUT2D eigenvalue weighted by molar-refractivity contribution is 5.92. The van der Waals surface area contributed by atoms with Crippen molar-refractivity contribution in [3.63, 3.8) is 0 Å². The van der Waals surface area contributed by atoms with Gasteiger partial charge in [0.05, 0.1) is 0 Å². The Morgan fingerprint density at radius 3 is 2.28 bits per heavy atom. The third-order valence-corrected chi connectivity index (χ3v) is 4.11. The number of hydrogen-bond donors (Lipinski definition) is 2. The van der Waals surface area contributed by atoms with E-state index in [-0.39, 0.29) is 11.8 Å². The molecule has 0 aliphatic rings. The molecule has 132 valence electrons. The van der Waals surface area contributed by atoms with Crippen molar-refractivity contribution in [1.29, 1.82) is 0 Å². The van der Waals surface area contributed by atoms with Crippen LogP contribution in [0.3, 0.4) is 0 Å². The SMILES string of the molecule is CC[C@H](CNC(=O)[C@@H](C)Oc1ccc(C(N)=O)cc1)c1ccccc1. The maximum Gasteiger partial charge on any atom is 0.260 e. The molecule has 25 heavy (non-hydrogen) atoms. The van der Waals surface area contributed by atoms with Crippen LogP contribution < -0.4 is 15.8 Å². The van der Waals surface area contributed by atoms with Crippen LogP contribution in [-0.2, 0) is 4.79 Å². The molecule has 2 atom stereocenters. The summed E-state index contributed by atoms with van der Waals surface area (Å²) in [5.41, 5.74) is 6.81. The van der Waals surface area contributed by atoms with E-state index in [2.05, 4.69) is 24.4 Å². The van der Waals surface area contributed by atoms with E-state index in [1.807, 2.05) is 18.2 Å². The molecule has 0 unspecified atom stereocenters. The van der Waals surface area contributed by atoms with Gasteiger partial charge in [0.15, 0.2) is 6.10 Å². The number of benzene rings is 2. The van der Waals surface area contributed by atoms with Crippen LogP contribution in [0.4, 0.5) is 0 Å². The standard InChI is InChI=1S/C20H24N2O3/c1-3-15(16-7-5-4-6-8-16)13-22-20(24)14(2)25-18-11-9-17(10-12-18)19(21)23/h4-12,14-15H,3,13H2,1-2H3,(H2,21,23)(H,22,24)/t14-,15-/m1/s1. The maximum absolute atomic E-state index is 12.3. The first-order chi connectivity index (χ1) is 12.0. The van der Waals surface area contributed by atoms with Crippen LogP contribution >= 0.6 is 0 Å². The number of amides is 2. The number of hydrogen-bond acceptors (Lipinski definition) is 3. The monoisotopic (exact) mass is 340 g/mol. The second-order valence-electron chi connectivity index (χ2n) is 5.91. The van der Waals surface area contributed by atoms with Gasteiger partial charge in [-0.3, -0.25) is 9.59 Å². The van der Waals surface area contributed by atoms with Crippen LogP contribution in [0.25, 0.3) is 0 Å². The summed E-state index contributed by atoms with van der Waals surface area (Å²) in [6.45, 7) is 4.36. The molecule has 0 spiro atoms. The third kappa shape index (κ3) is 5.35. The van der Waals surface area contributed by atoms with Crippen LogP contribution in [0.5, 0.6) is 5.75 Å². The van der Waals surface area contributed by atoms with Crippen LogP contribution in [-0.4, -0.2) is 24.5 Å². The summed E-state index contributed by atoms with van der Waals surface area (Å²) in [6.07, 6.45) is 0.307. The third-order valence-electron chi connectivity index (χ3n) is 4.11. The average molecular weight is 340 g/mol. The molecule has 5 nitrogen and oxygen atoms in total. The summed E-state index contributed by atoms with van der Waals surface area (Å²) in [7, 11) is 0. The normalized spacial score (nSPS) is 12.9. The molecule has 0 fully saturated rings. The Bertz CT molecular complexity index is 699. The molecule has 2 rings (SSSR count). The van der Waals surface area contributed by atoms with Crippen molar-refractivity contribution in [2.45, 2.75) is 32.3 Å². The molecule has 0 aromatic heterocycles. The first kappa shape index (κ1) is 18.5. The molecule has 0 aliphatic carbocycles. The minimum atomic E-state index is -0.632. The van der Waals surface area contributed by atoms with E-state index >= 15 is 0 Å². The summed E-state index contributed by atoms with van der Waals surface area (Å²) in [4.78, 5) is 23.3. The summed E-state index contributed by atoms with van der Waals surface area (Å²) in [5, 5.41) is 2.94. The fraction of sp³-hybridized carbons (Fsp3) is 0.300. The quantitative estimate of drug-likeness (QED) is 0.775. The fourth-order valence-corrected chi connectivity index (χ4v) is 2.55. The van der Waals surface area contributed by atoms with Gasteiger partial charge in [-0.05, 0) is 43.2 Å². The van der Waals surface area contributed by atoms with Crippen LogP contribution in [0.2, 0.25) is 0 Å². The number of ether oxygens (including phenoxy) is 1. The van der Waals surface area contributed by atoms with Crippen molar-refractivity contribution < 1.29 is 14.3 Å². The van der Waals surface area contributed by atoms with Gasteiger partial charge in [-0.1, -0.05) is 37.3 Å². The van der Waals surface area contributed by atoms with Crippen molar-refractivity contribution in [3.8, 4) is 5.75 Å². The van der Waals surface area contributed by atoms with E-state index < -0.39 is 12.0 Å².